The van der Waals surface area contributed by atoms with Crippen molar-refractivity contribution in [3.8, 4) is 0 Å². The molecule has 0 aliphatic rings. The number of rotatable bonds is 4. The number of nitrogens with two attached hydrogens (primary N) is 1. The van der Waals surface area contributed by atoms with Gasteiger partial charge in [-0.15, -0.1) is 0 Å². The molecule has 0 fully saturated rings. The predicted octanol–water partition coefficient (Wildman–Crippen LogP) is 3.04. The second kappa shape index (κ2) is 6.65. The minimum atomic E-state index is -0.466. The van der Waals surface area contributed by atoms with E-state index in [-0.39, 0.29) is 17.4 Å². The van der Waals surface area contributed by atoms with Crippen molar-refractivity contribution >= 4 is 34.7 Å². The number of carbonyl (C=O) groups is 1. The summed E-state index contributed by atoms with van der Waals surface area (Å²) >= 11 is 10.6. The summed E-state index contributed by atoms with van der Waals surface area (Å²) in [6.45, 7) is 0.0643. The van der Waals surface area contributed by atoms with Gasteiger partial charge < -0.3 is 11.1 Å². The van der Waals surface area contributed by atoms with Gasteiger partial charge in [-0.1, -0.05) is 42.0 Å². The monoisotopic (exact) mass is 322 g/mol. The Hall–Kier alpha value is -1.98. The number of thiocarbonyl (C=S) groups is 1. The Bertz CT molecular complexity index is 706. The molecule has 0 aromatic heterocycles. The second-order valence-electron chi connectivity index (χ2n) is 4.36. The first-order chi connectivity index (χ1) is 9.97. The van der Waals surface area contributed by atoms with Crippen molar-refractivity contribution < 1.29 is 9.18 Å². The maximum absolute atomic E-state index is 13.8. The predicted molar refractivity (Wildman–Crippen MR) is 84.9 cm³/mol. The van der Waals surface area contributed by atoms with Crippen molar-refractivity contribution in [1.82, 2.24) is 5.32 Å². The number of amides is 1. The molecule has 0 aliphatic heterocycles. The normalized spacial score (nSPS) is 10.2. The van der Waals surface area contributed by atoms with Gasteiger partial charge in [0.25, 0.3) is 5.91 Å². The molecule has 0 spiro atoms. The average Bonchev–Trinajstić information content (AvgIpc) is 2.45. The highest BCUT2D eigenvalue weighted by Gasteiger charge is 2.09. The fourth-order valence-electron chi connectivity index (χ4n) is 1.75. The van der Waals surface area contributed by atoms with Gasteiger partial charge in [-0.25, -0.2) is 4.39 Å². The molecular weight excluding hydrogens is 311 g/mol. The van der Waals surface area contributed by atoms with Crippen molar-refractivity contribution in [1.29, 1.82) is 0 Å². The lowest BCUT2D eigenvalue weighted by Gasteiger charge is -2.08. The lowest BCUT2D eigenvalue weighted by atomic mass is 10.1. The molecule has 108 valence electrons. The molecule has 2 rings (SSSR count). The van der Waals surface area contributed by atoms with Gasteiger partial charge in [0.05, 0.1) is 0 Å². The molecule has 21 heavy (non-hydrogen) atoms. The van der Waals surface area contributed by atoms with Crippen molar-refractivity contribution in [3.05, 3.63) is 70.0 Å². The maximum Gasteiger partial charge on any atom is 0.251 e. The first kappa shape index (κ1) is 15.4. The highest BCUT2D eigenvalue weighted by Crippen LogP contribution is 2.12. The molecule has 1 amide bonds. The van der Waals surface area contributed by atoms with Gasteiger partial charge in [0.15, 0.2) is 0 Å². The van der Waals surface area contributed by atoms with E-state index < -0.39 is 5.82 Å². The molecule has 0 atom stereocenters. The largest absolute Gasteiger partial charge is 0.389 e. The van der Waals surface area contributed by atoms with Crippen molar-refractivity contribution in [2.24, 2.45) is 5.73 Å². The van der Waals surface area contributed by atoms with E-state index in [2.05, 4.69) is 5.32 Å². The van der Waals surface area contributed by atoms with Gasteiger partial charge in [-0.05, 0) is 24.3 Å². The zero-order valence-electron chi connectivity index (χ0n) is 10.9. The number of carbonyl (C=O) groups excluding carboxylic acids is 1. The number of nitrogens with one attached hydrogen (secondary N) is 1. The van der Waals surface area contributed by atoms with Crippen LogP contribution in [0.3, 0.4) is 0 Å². The molecule has 6 heteroatoms. The molecular formula is C15H12ClFN2OS. The summed E-state index contributed by atoms with van der Waals surface area (Å²) in [6, 6.07) is 10.9. The van der Waals surface area contributed by atoms with E-state index >= 15 is 0 Å². The fourth-order valence-corrected chi connectivity index (χ4v) is 2.07. The third-order valence-corrected chi connectivity index (χ3v) is 3.33. The van der Waals surface area contributed by atoms with Crippen molar-refractivity contribution in [3.63, 3.8) is 0 Å². The molecule has 2 aromatic rings. The van der Waals surface area contributed by atoms with E-state index in [0.717, 1.165) is 0 Å². The minimum absolute atomic E-state index is 0.0643. The standard InChI is InChI=1S/C15H12ClFN2OS/c16-12-3-1-2-10(6-12)15(20)19-8-11-5-4-9(14(18)21)7-13(11)17/h1-7H,8H2,(H2,18,21)(H,19,20). The number of hydrogen-bond acceptors (Lipinski definition) is 2. The summed E-state index contributed by atoms with van der Waals surface area (Å²) in [4.78, 5) is 12.1. The Balaban J connectivity index is 2.06. The van der Waals surface area contributed by atoms with Crippen LogP contribution in [0, 0.1) is 5.82 Å². The SMILES string of the molecule is NC(=S)c1ccc(CNC(=O)c2cccc(Cl)c2)c(F)c1. The van der Waals surface area contributed by atoms with E-state index in [4.69, 9.17) is 29.6 Å². The van der Waals surface area contributed by atoms with E-state index in [1.807, 2.05) is 0 Å². The highest BCUT2D eigenvalue weighted by molar-refractivity contribution is 7.80. The van der Waals surface area contributed by atoms with Crippen LogP contribution in [0.5, 0.6) is 0 Å². The van der Waals surface area contributed by atoms with Gasteiger partial charge in [-0.3, -0.25) is 4.79 Å². The molecule has 0 saturated heterocycles. The maximum atomic E-state index is 13.8. The summed E-state index contributed by atoms with van der Waals surface area (Å²) in [6.07, 6.45) is 0. The smallest absolute Gasteiger partial charge is 0.251 e. The van der Waals surface area contributed by atoms with E-state index in [9.17, 15) is 9.18 Å². The third kappa shape index (κ3) is 4.00. The quantitative estimate of drug-likeness (QED) is 0.851. The van der Waals surface area contributed by atoms with Crippen LogP contribution in [0.2, 0.25) is 5.02 Å². The number of halogens is 2. The molecule has 0 aliphatic carbocycles. The minimum Gasteiger partial charge on any atom is -0.389 e. The lowest BCUT2D eigenvalue weighted by Crippen LogP contribution is -2.23. The molecule has 3 N–H and O–H groups in total. The Kier molecular flexibility index (Phi) is 4.88. The van der Waals surface area contributed by atoms with Gasteiger partial charge in [0.1, 0.15) is 10.8 Å². The van der Waals surface area contributed by atoms with E-state index in [1.165, 1.54) is 6.07 Å². The van der Waals surface area contributed by atoms with Crippen LogP contribution in [-0.4, -0.2) is 10.9 Å². The van der Waals surface area contributed by atoms with Crippen molar-refractivity contribution in [2.45, 2.75) is 6.54 Å². The average molecular weight is 323 g/mol. The van der Waals surface area contributed by atoms with Crippen molar-refractivity contribution in [2.75, 3.05) is 0 Å². The number of benzene rings is 2. The highest BCUT2D eigenvalue weighted by atomic mass is 35.5. The third-order valence-electron chi connectivity index (χ3n) is 2.86. The fraction of sp³-hybridized carbons (Fsp3) is 0.0667. The van der Waals surface area contributed by atoms with Crippen LogP contribution in [0.4, 0.5) is 4.39 Å². The Morgan fingerprint density at radius 2 is 2.00 bits per heavy atom. The van der Waals surface area contributed by atoms with Gasteiger partial charge >= 0.3 is 0 Å². The van der Waals surface area contributed by atoms with Crippen LogP contribution in [0.1, 0.15) is 21.5 Å². The van der Waals surface area contributed by atoms with E-state index in [1.54, 1.807) is 36.4 Å². The Morgan fingerprint density at radius 1 is 1.24 bits per heavy atom. The van der Waals surface area contributed by atoms with Gasteiger partial charge in [0.2, 0.25) is 0 Å². The summed E-state index contributed by atoms with van der Waals surface area (Å²) < 4.78 is 13.8. The molecule has 0 bridgehead atoms. The lowest BCUT2D eigenvalue weighted by molar-refractivity contribution is 0.0950. The number of hydrogen-bond donors (Lipinski definition) is 2. The summed E-state index contributed by atoms with van der Waals surface area (Å²) in [5, 5.41) is 3.10. The van der Waals surface area contributed by atoms with E-state index in [0.29, 0.717) is 21.7 Å². The summed E-state index contributed by atoms with van der Waals surface area (Å²) in [5.74, 6) is -0.790. The summed E-state index contributed by atoms with van der Waals surface area (Å²) in [5.41, 5.74) is 6.65. The molecule has 0 heterocycles. The van der Waals surface area contributed by atoms with Gasteiger partial charge in [-0.2, -0.15) is 0 Å². The Labute approximate surface area is 131 Å². The van der Waals surface area contributed by atoms with Crippen LogP contribution in [0.25, 0.3) is 0 Å². The van der Waals surface area contributed by atoms with Crippen LogP contribution in [-0.2, 0) is 6.54 Å². The summed E-state index contributed by atoms with van der Waals surface area (Å²) in [7, 11) is 0. The first-order valence-corrected chi connectivity index (χ1v) is 6.88. The molecule has 2 aromatic carbocycles. The first-order valence-electron chi connectivity index (χ1n) is 6.09. The topological polar surface area (TPSA) is 55.1 Å². The van der Waals surface area contributed by atoms with Crippen LogP contribution in [0.15, 0.2) is 42.5 Å². The molecule has 0 unspecified atom stereocenters. The van der Waals surface area contributed by atoms with Crippen LogP contribution < -0.4 is 11.1 Å². The Morgan fingerprint density at radius 3 is 2.62 bits per heavy atom. The zero-order chi connectivity index (χ0) is 15.4. The van der Waals surface area contributed by atoms with Gasteiger partial charge in [0, 0.05) is 28.3 Å². The molecule has 3 nitrogen and oxygen atoms in total. The second-order valence-corrected chi connectivity index (χ2v) is 5.24. The molecule has 0 radical (unpaired) electrons. The molecule has 0 saturated carbocycles. The van der Waals surface area contributed by atoms with Crippen LogP contribution >= 0.6 is 23.8 Å². The zero-order valence-corrected chi connectivity index (χ0v) is 12.5.